The van der Waals surface area contributed by atoms with Crippen LogP contribution in [0.25, 0.3) is 11.0 Å². The first kappa shape index (κ1) is 12.9. The summed E-state index contributed by atoms with van der Waals surface area (Å²) in [7, 11) is 0. The minimum absolute atomic E-state index is 0.0000874. The number of pyridine rings is 1. The Labute approximate surface area is 109 Å². The van der Waals surface area contributed by atoms with Gasteiger partial charge in [-0.25, -0.2) is 15.0 Å². The summed E-state index contributed by atoms with van der Waals surface area (Å²) < 4.78 is 0. The monoisotopic (exact) mass is 243 g/mol. The first-order valence-electron chi connectivity index (χ1n) is 6.34. The fourth-order valence-electron chi connectivity index (χ4n) is 2.23. The normalized spacial score (nSPS) is 12.2. The minimum atomic E-state index is 0.0000874. The first-order chi connectivity index (χ1) is 8.21. The molecule has 3 nitrogen and oxygen atoms in total. The Hall–Kier alpha value is -1.51. The average Bonchev–Trinajstić information content (AvgIpc) is 2.23. The molecule has 0 amide bonds. The predicted octanol–water partition coefficient (Wildman–Crippen LogP) is 3.56. The zero-order valence-corrected chi connectivity index (χ0v) is 12.3. The maximum atomic E-state index is 4.65. The molecule has 0 fully saturated rings. The largest absolute Gasteiger partial charge is 0.237 e. The van der Waals surface area contributed by atoms with E-state index in [1.165, 1.54) is 11.1 Å². The SMILES string of the molecule is Cc1nc(C(C)(C)C)c2c(C)c(C)c(C)nc2n1. The summed E-state index contributed by atoms with van der Waals surface area (Å²) in [5, 5.41) is 1.12. The van der Waals surface area contributed by atoms with Crippen molar-refractivity contribution in [1.29, 1.82) is 0 Å². The van der Waals surface area contributed by atoms with Gasteiger partial charge in [0.05, 0.1) is 5.69 Å². The summed E-state index contributed by atoms with van der Waals surface area (Å²) in [6, 6.07) is 0. The third kappa shape index (κ3) is 1.98. The van der Waals surface area contributed by atoms with E-state index >= 15 is 0 Å². The lowest BCUT2D eigenvalue weighted by Crippen LogP contribution is -2.17. The van der Waals surface area contributed by atoms with Crippen molar-refractivity contribution in [2.75, 3.05) is 0 Å². The Morgan fingerprint density at radius 3 is 1.94 bits per heavy atom. The van der Waals surface area contributed by atoms with Crippen LogP contribution in [-0.4, -0.2) is 15.0 Å². The van der Waals surface area contributed by atoms with Crippen LogP contribution in [0.15, 0.2) is 0 Å². The Kier molecular flexibility index (Phi) is 2.88. The molecule has 0 unspecified atom stereocenters. The van der Waals surface area contributed by atoms with Gasteiger partial charge in [0, 0.05) is 16.5 Å². The number of aromatic nitrogens is 3. The third-order valence-electron chi connectivity index (χ3n) is 3.47. The fourth-order valence-corrected chi connectivity index (χ4v) is 2.23. The molecule has 0 aliphatic heterocycles. The Morgan fingerprint density at radius 2 is 1.39 bits per heavy atom. The smallest absolute Gasteiger partial charge is 0.163 e. The summed E-state index contributed by atoms with van der Waals surface area (Å²) >= 11 is 0. The number of aryl methyl sites for hydroxylation is 3. The molecule has 2 rings (SSSR count). The van der Waals surface area contributed by atoms with E-state index < -0.39 is 0 Å². The second-order valence-electron chi connectivity index (χ2n) is 6.02. The molecular formula is C15H21N3. The molecule has 0 N–H and O–H groups in total. The van der Waals surface area contributed by atoms with Gasteiger partial charge in [-0.05, 0) is 38.8 Å². The lowest BCUT2D eigenvalue weighted by atomic mass is 9.87. The highest BCUT2D eigenvalue weighted by Gasteiger charge is 2.22. The van der Waals surface area contributed by atoms with Crippen molar-refractivity contribution in [3.8, 4) is 0 Å². The minimum Gasteiger partial charge on any atom is -0.237 e. The van der Waals surface area contributed by atoms with E-state index in [0.29, 0.717) is 0 Å². The molecule has 0 spiro atoms. The molecule has 96 valence electrons. The molecule has 0 saturated carbocycles. The van der Waals surface area contributed by atoms with E-state index in [4.69, 9.17) is 0 Å². The van der Waals surface area contributed by atoms with E-state index in [1.54, 1.807) is 0 Å². The lowest BCUT2D eigenvalue weighted by molar-refractivity contribution is 0.571. The molecule has 0 radical (unpaired) electrons. The number of hydrogen-bond donors (Lipinski definition) is 0. The van der Waals surface area contributed by atoms with E-state index in [-0.39, 0.29) is 5.41 Å². The highest BCUT2D eigenvalue weighted by molar-refractivity contribution is 5.83. The Balaban J connectivity index is 2.99. The number of rotatable bonds is 0. The van der Waals surface area contributed by atoms with Crippen molar-refractivity contribution in [1.82, 2.24) is 15.0 Å². The summed E-state index contributed by atoms with van der Waals surface area (Å²) in [5.74, 6) is 0.794. The van der Waals surface area contributed by atoms with Gasteiger partial charge >= 0.3 is 0 Å². The third-order valence-corrected chi connectivity index (χ3v) is 3.47. The van der Waals surface area contributed by atoms with Crippen LogP contribution >= 0.6 is 0 Å². The van der Waals surface area contributed by atoms with Crippen molar-refractivity contribution in [2.24, 2.45) is 0 Å². The van der Waals surface area contributed by atoms with Crippen LogP contribution in [0.3, 0.4) is 0 Å². The molecule has 0 atom stereocenters. The molecule has 2 aromatic heterocycles. The van der Waals surface area contributed by atoms with Gasteiger partial charge in [0.2, 0.25) is 0 Å². The van der Waals surface area contributed by atoms with Crippen LogP contribution < -0.4 is 0 Å². The lowest BCUT2D eigenvalue weighted by Gasteiger charge is -2.22. The zero-order valence-electron chi connectivity index (χ0n) is 12.3. The van der Waals surface area contributed by atoms with Crippen molar-refractivity contribution in [2.45, 2.75) is 53.9 Å². The Bertz CT molecular complexity index is 622. The van der Waals surface area contributed by atoms with Crippen molar-refractivity contribution < 1.29 is 0 Å². The van der Waals surface area contributed by atoms with Crippen LogP contribution in [0.2, 0.25) is 0 Å². The summed E-state index contributed by atoms with van der Waals surface area (Å²) in [5.41, 5.74) is 5.46. The highest BCUT2D eigenvalue weighted by atomic mass is 15.0. The Morgan fingerprint density at radius 1 is 0.778 bits per heavy atom. The van der Waals surface area contributed by atoms with Gasteiger partial charge in [0.1, 0.15) is 5.82 Å². The topological polar surface area (TPSA) is 38.7 Å². The predicted molar refractivity (Wildman–Crippen MR) is 75.0 cm³/mol. The molecule has 0 aliphatic rings. The van der Waals surface area contributed by atoms with Crippen LogP contribution in [0.5, 0.6) is 0 Å². The quantitative estimate of drug-likeness (QED) is 0.710. The van der Waals surface area contributed by atoms with Crippen LogP contribution in [0.1, 0.15) is 49.1 Å². The van der Waals surface area contributed by atoms with Gasteiger partial charge in [0.15, 0.2) is 5.65 Å². The van der Waals surface area contributed by atoms with Gasteiger partial charge in [-0.2, -0.15) is 0 Å². The van der Waals surface area contributed by atoms with E-state index in [9.17, 15) is 0 Å². The number of nitrogens with zero attached hydrogens (tertiary/aromatic N) is 3. The second-order valence-corrected chi connectivity index (χ2v) is 6.02. The standard InChI is InChI=1S/C15H21N3/c1-8-9(2)12-13(15(5,6)7)17-11(4)18-14(12)16-10(8)3/h1-7H3. The molecule has 18 heavy (non-hydrogen) atoms. The molecule has 0 aromatic carbocycles. The molecular weight excluding hydrogens is 222 g/mol. The maximum absolute atomic E-state index is 4.65. The zero-order chi connectivity index (χ0) is 13.7. The summed E-state index contributed by atoms with van der Waals surface area (Å²) in [6.45, 7) is 14.8. The van der Waals surface area contributed by atoms with Crippen LogP contribution in [-0.2, 0) is 5.41 Å². The van der Waals surface area contributed by atoms with Crippen molar-refractivity contribution in [3.05, 3.63) is 28.3 Å². The van der Waals surface area contributed by atoms with E-state index in [0.717, 1.165) is 28.2 Å². The number of hydrogen-bond acceptors (Lipinski definition) is 3. The molecule has 3 heteroatoms. The molecule has 2 heterocycles. The van der Waals surface area contributed by atoms with Gasteiger partial charge in [-0.15, -0.1) is 0 Å². The molecule has 0 aliphatic carbocycles. The summed E-state index contributed by atoms with van der Waals surface area (Å²) in [6.07, 6.45) is 0. The molecule has 2 aromatic rings. The van der Waals surface area contributed by atoms with Crippen LogP contribution in [0.4, 0.5) is 0 Å². The fraction of sp³-hybridized carbons (Fsp3) is 0.533. The molecule has 0 bridgehead atoms. The van der Waals surface area contributed by atoms with Gasteiger partial charge in [-0.1, -0.05) is 20.8 Å². The van der Waals surface area contributed by atoms with E-state index in [1.807, 2.05) is 13.8 Å². The summed E-state index contributed by atoms with van der Waals surface area (Å²) in [4.78, 5) is 13.8. The number of fused-ring (bicyclic) bond motifs is 1. The van der Waals surface area contributed by atoms with Gasteiger partial charge in [0.25, 0.3) is 0 Å². The first-order valence-corrected chi connectivity index (χ1v) is 6.34. The van der Waals surface area contributed by atoms with Crippen molar-refractivity contribution >= 4 is 11.0 Å². The maximum Gasteiger partial charge on any atom is 0.163 e. The van der Waals surface area contributed by atoms with Crippen LogP contribution in [0, 0.1) is 27.7 Å². The highest BCUT2D eigenvalue weighted by Crippen LogP contribution is 2.31. The average molecular weight is 243 g/mol. The van der Waals surface area contributed by atoms with Crippen molar-refractivity contribution in [3.63, 3.8) is 0 Å². The van der Waals surface area contributed by atoms with Gasteiger partial charge < -0.3 is 0 Å². The molecule has 0 saturated heterocycles. The van der Waals surface area contributed by atoms with Gasteiger partial charge in [-0.3, -0.25) is 0 Å². The second kappa shape index (κ2) is 4.01. The van der Waals surface area contributed by atoms with E-state index in [2.05, 4.69) is 49.6 Å².